The van der Waals surface area contributed by atoms with Crippen molar-refractivity contribution in [2.45, 2.75) is 107 Å². The van der Waals surface area contributed by atoms with Crippen LogP contribution in [0.3, 0.4) is 0 Å². The van der Waals surface area contributed by atoms with Crippen molar-refractivity contribution in [3.8, 4) is 5.75 Å². The highest BCUT2D eigenvalue weighted by atomic mass is 35.5. The van der Waals surface area contributed by atoms with Crippen LogP contribution in [0.4, 0.5) is 10.5 Å². The molecule has 7 atom stereocenters. The van der Waals surface area contributed by atoms with Crippen molar-refractivity contribution in [1.82, 2.24) is 5.32 Å². The molecule has 3 saturated heterocycles. The normalized spacial score (nSPS) is 36.9. The van der Waals surface area contributed by atoms with Gasteiger partial charge in [-0.3, -0.25) is 14.9 Å². The van der Waals surface area contributed by atoms with Crippen LogP contribution in [0.5, 0.6) is 5.75 Å². The number of alkyl carbamates (subject to hydrolysis) is 1. The summed E-state index contributed by atoms with van der Waals surface area (Å²) in [5, 5.41) is 14.4. The fourth-order valence-corrected chi connectivity index (χ4v) is 7.57. The molecule has 6 rings (SSSR count). The zero-order valence-electron chi connectivity index (χ0n) is 27.0. The summed E-state index contributed by atoms with van der Waals surface area (Å²) >= 11 is 6.90. The highest BCUT2D eigenvalue weighted by Gasteiger charge is 2.63. The van der Waals surface area contributed by atoms with Crippen molar-refractivity contribution >= 4 is 35.3 Å². The Bertz CT molecular complexity index is 1420. The third-order valence-corrected chi connectivity index (χ3v) is 9.86. The molecule has 0 radical (unpaired) electrons. The van der Waals surface area contributed by atoms with Crippen LogP contribution in [0.25, 0.3) is 0 Å². The van der Waals surface area contributed by atoms with E-state index in [1.807, 2.05) is 25.1 Å². The Morgan fingerprint density at radius 1 is 1.15 bits per heavy atom. The molecule has 5 aliphatic heterocycles. The van der Waals surface area contributed by atoms with Gasteiger partial charge in [-0.2, -0.15) is 0 Å². The fraction of sp³-hybridized carbons (Fsp3) is 0.606. The van der Waals surface area contributed by atoms with E-state index in [4.69, 9.17) is 41.0 Å². The number of anilines is 1. The van der Waals surface area contributed by atoms with Gasteiger partial charge in [-0.1, -0.05) is 35.4 Å². The maximum atomic E-state index is 14.4. The lowest BCUT2D eigenvalue weighted by atomic mass is 9.72. The molecular weight excluding hydrogens is 618 g/mol. The lowest BCUT2D eigenvalue weighted by molar-refractivity contribution is -0.328. The molecule has 46 heavy (non-hydrogen) atoms. The number of hydrogen-bond acceptors (Lipinski definition) is 10. The van der Waals surface area contributed by atoms with Crippen LogP contribution < -0.4 is 20.7 Å². The Labute approximate surface area is 274 Å². The highest BCUT2D eigenvalue weighted by molar-refractivity contribution is 6.35. The van der Waals surface area contributed by atoms with Crippen molar-refractivity contribution in [3.63, 3.8) is 0 Å². The van der Waals surface area contributed by atoms with Crippen molar-refractivity contribution in [2.24, 2.45) is 5.73 Å². The molecule has 252 valence electrons. The summed E-state index contributed by atoms with van der Waals surface area (Å²) in [6, 6.07) is 3.27. The number of fused-ring (bicyclic) bond motifs is 3. The van der Waals surface area contributed by atoms with Crippen LogP contribution in [0.2, 0.25) is 5.02 Å². The van der Waals surface area contributed by atoms with E-state index in [1.165, 1.54) is 14.2 Å². The van der Waals surface area contributed by atoms with Gasteiger partial charge in [0, 0.05) is 32.4 Å². The molecule has 13 heteroatoms. The zero-order chi connectivity index (χ0) is 33.4. The maximum absolute atomic E-state index is 14.4. The molecule has 0 aliphatic carbocycles. The summed E-state index contributed by atoms with van der Waals surface area (Å²) in [4.78, 5) is 41.9. The zero-order valence-corrected chi connectivity index (χ0v) is 27.7. The number of aliphatic hydroxyl groups is 1. The first kappa shape index (κ1) is 34.2. The predicted molar refractivity (Wildman–Crippen MR) is 170 cm³/mol. The second kappa shape index (κ2) is 13.2. The number of halogens is 1. The van der Waals surface area contributed by atoms with Crippen LogP contribution in [-0.4, -0.2) is 85.1 Å². The number of hydrogen-bond donors (Lipinski definition) is 3. The number of rotatable bonds is 4. The molecule has 0 saturated carbocycles. The molecule has 0 aromatic heterocycles. The van der Waals surface area contributed by atoms with E-state index in [-0.39, 0.29) is 36.6 Å². The van der Waals surface area contributed by atoms with Gasteiger partial charge in [-0.25, -0.2) is 4.79 Å². The minimum atomic E-state index is -1.80. The van der Waals surface area contributed by atoms with Gasteiger partial charge in [0.1, 0.15) is 40.3 Å². The van der Waals surface area contributed by atoms with Gasteiger partial charge >= 0.3 is 12.1 Å². The Morgan fingerprint density at radius 2 is 1.87 bits per heavy atom. The van der Waals surface area contributed by atoms with Crippen LogP contribution in [0.1, 0.15) is 64.9 Å². The maximum Gasteiger partial charge on any atom is 0.409 e. The Kier molecular flexibility index (Phi) is 9.77. The highest BCUT2D eigenvalue weighted by Crippen LogP contribution is 2.51. The number of nitrogens with one attached hydrogen (secondary N) is 1. The van der Waals surface area contributed by atoms with Gasteiger partial charge in [0.25, 0.3) is 0 Å². The Hall–Kier alpha value is -3.16. The number of nitrogens with two attached hydrogens (primary N) is 1. The number of methoxy groups -OCH3 is 2. The number of benzene rings is 1. The van der Waals surface area contributed by atoms with E-state index in [1.54, 1.807) is 30.9 Å². The van der Waals surface area contributed by atoms with Gasteiger partial charge in [-0.15, -0.1) is 0 Å². The first-order valence-corrected chi connectivity index (χ1v) is 16.0. The van der Waals surface area contributed by atoms with E-state index >= 15 is 0 Å². The summed E-state index contributed by atoms with van der Waals surface area (Å²) in [7, 11) is 2.96. The molecule has 1 aromatic rings. The van der Waals surface area contributed by atoms with Crippen molar-refractivity contribution < 1.29 is 43.2 Å². The number of ether oxygens (including phenoxy) is 5. The number of allylic oxidation sites excluding steroid dienone is 3. The third kappa shape index (κ3) is 6.64. The summed E-state index contributed by atoms with van der Waals surface area (Å²) in [6.07, 6.45) is 3.08. The van der Waals surface area contributed by atoms with Crippen molar-refractivity contribution in [1.29, 1.82) is 0 Å². The minimum Gasteiger partial charge on any atom is -0.495 e. The summed E-state index contributed by atoms with van der Waals surface area (Å²) in [5.74, 6) is -0.365. The number of amides is 2. The molecule has 5 aliphatic rings. The standard InChI is InChI=1S/C33H44ClN3O9/c1-19-7-6-8-24(43-5)33(41)17-26(45-30(40)36-33)32(3)18-31(2,46-32)25-16-27(38)37(21(11-12-35)9-10-28(39)44-25)22-14-20(13-19)15-23(42-4)29(22)34/h6-8,14-15,21,24-26,41H,9-13,16-18,35H2,1-5H3,(H,36,40)/b8-6+,19-7+/t21?,24-,25+,26+,31-,32?,33+/m1/s1. The molecule has 2 unspecified atom stereocenters. The van der Waals surface area contributed by atoms with Gasteiger partial charge in [0.05, 0.1) is 19.2 Å². The van der Waals surface area contributed by atoms with E-state index in [2.05, 4.69) is 5.32 Å². The quantitative estimate of drug-likeness (QED) is 0.406. The summed E-state index contributed by atoms with van der Waals surface area (Å²) in [5.41, 5.74) is 4.31. The largest absolute Gasteiger partial charge is 0.495 e. The number of carbonyl (C=O) groups is 3. The smallest absolute Gasteiger partial charge is 0.409 e. The molecular formula is C33H44ClN3O9. The second-order valence-corrected chi connectivity index (χ2v) is 13.5. The average Bonchev–Trinajstić information content (AvgIpc) is 3.02. The average molecular weight is 662 g/mol. The van der Waals surface area contributed by atoms with Crippen LogP contribution in [0.15, 0.2) is 35.9 Å². The van der Waals surface area contributed by atoms with E-state index < -0.39 is 53.3 Å². The predicted octanol–water partition coefficient (Wildman–Crippen LogP) is 3.69. The summed E-state index contributed by atoms with van der Waals surface area (Å²) in [6.45, 7) is 5.77. The topological polar surface area (TPSA) is 159 Å². The lowest BCUT2D eigenvalue weighted by Gasteiger charge is -2.59. The van der Waals surface area contributed by atoms with Crippen LogP contribution in [0, 0.1) is 0 Å². The van der Waals surface area contributed by atoms with E-state index in [9.17, 15) is 19.5 Å². The third-order valence-electron chi connectivity index (χ3n) is 9.48. The lowest BCUT2D eigenvalue weighted by Crippen LogP contribution is -2.72. The number of esters is 1. The molecule has 4 N–H and O–H groups in total. The van der Waals surface area contributed by atoms with Crippen molar-refractivity contribution in [3.05, 3.63) is 46.5 Å². The molecule has 5 heterocycles. The first-order valence-electron chi connectivity index (χ1n) is 15.6. The molecule has 8 bridgehead atoms. The second-order valence-electron chi connectivity index (χ2n) is 13.1. The van der Waals surface area contributed by atoms with Crippen LogP contribution in [-0.2, 0) is 35.0 Å². The van der Waals surface area contributed by atoms with Gasteiger partial charge < -0.3 is 39.4 Å². The molecule has 12 nitrogen and oxygen atoms in total. The SMILES string of the molecule is COc1cc2cc(c1Cl)N1C(=O)C[C@H](OC(=O)CCC1CCN)[C@@]1(C)CC(C)(O1)[C@@H]1C[C@@](O)(NC(=O)O1)[C@H](OC)/C=C/C=C(\C)C2. The summed E-state index contributed by atoms with van der Waals surface area (Å²) < 4.78 is 29.3. The van der Waals surface area contributed by atoms with E-state index in [0.29, 0.717) is 37.2 Å². The Balaban J connectivity index is 1.65. The first-order chi connectivity index (χ1) is 21.7. The Morgan fingerprint density at radius 3 is 2.54 bits per heavy atom. The number of carbonyl (C=O) groups excluding carboxylic acids is 3. The minimum absolute atomic E-state index is 0.0427. The molecule has 1 aromatic carbocycles. The van der Waals surface area contributed by atoms with Gasteiger partial charge in [0.2, 0.25) is 5.91 Å². The van der Waals surface area contributed by atoms with Gasteiger partial charge in [-0.05, 0) is 64.3 Å². The monoisotopic (exact) mass is 661 g/mol. The molecule has 0 spiro atoms. The molecule has 2 amide bonds. The van der Waals surface area contributed by atoms with E-state index in [0.717, 1.165) is 11.1 Å². The van der Waals surface area contributed by atoms with Gasteiger partial charge in [0.15, 0.2) is 5.72 Å². The van der Waals surface area contributed by atoms with Crippen LogP contribution >= 0.6 is 11.6 Å². The molecule has 3 fully saturated rings. The fourth-order valence-electron chi connectivity index (χ4n) is 7.29. The van der Waals surface area contributed by atoms with Crippen molar-refractivity contribution in [2.75, 3.05) is 25.7 Å². The number of nitrogens with zero attached hydrogens (tertiary/aromatic N) is 1.